The lowest BCUT2D eigenvalue weighted by Crippen LogP contribution is -2.03. The Morgan fingerprint density at radius 3 is 2.52 bits per heavy atom. The highest BCUT2D eigenvalue weighted by Crippen LogP contribution is 2.32. The number of hydrogen-bond donors (Lipinski definition) is 0. The molecule has 1 aromatic carbocycles. The SMILES string of the molecule is COCn1c(C)c(C)c2ccnc(-c3ccc(Cl)cc3)c21. The van der Waals surface area contributed by atoms with Crippen molar-refractivity contribution in [1.82, 2.24) is 9.55 Å². The largest absolute Gasteiger partial charge is 0.364 e. The first-order chi connectivity index (χ1) is 10.1. The van der Waals surface area contributed by atoms with Gasteiger partial charge in [0, 0.05) is 35.0 Å². The Kier molecular flexibility index (Phi) is 3.70. The van der Waals surface area contributed by atoms with Crippen LogP contribution in [0.1, 0.15) is 11.3 Å². The number of aromatic nitrogens is 2. The number of rotatable bonds is 3. The molecule has 3 rings (SSSR count). The summed E-state index contributed by atoms with van der Waals surface area (Å²) in [6, 6.07) is 9.84. The van der Waals surface area contributed by atoms with Crippen LogP contribution in [0, 0.1) is 13.8 Å². The lowest BCUT2D eigenvalue weighted by molar-refractivity contribution is 0.133. The second kappa shape index (κ2) is 5.51. The Morgan fingerprint density at radius 1 is 1.14 bits per heavy atom. The van der Waals surface area contributed by atoms with Gasteiger partial charge in [-0.1, -0.05) is 23.7 Å². The van der Waals surface area contributed by atoms with Crippen LogP contribution in [0.2, 0.25) is 5.02 Å². The van der Waals surface area contributed by atoms with Gasteiger partial charge in [0.2, 0.25) is 0 Å². The summed E-state index contributed by atoms with van der Waals surface area (Å²) in [5.41, 5.74) is 5.59. The fourth-order valence-corrected chi connectivity index (χ4v) is 2.83. The zero-order valence-electron chi connectivity index (χ0n) is 12.4. The zero-order valence-corrected chi connectivity index (χ0v) is 13.1. The molecule has 0 aliphatic heterocycles. The number of hydrogen-bond acceptors (Lipinski definition) is 2. The highest BCUT2D eigenvalue weighted by molar-refractivity contribution is 6.30. The molecule has 0 unspecified atom stereocenters. The van der Waals surface area contributed by atoms with Gasteiger partial charge in [0.25, 0.3) is 0 Å². The molecular formula is C17H17ClN2O. The first-order valence-electron chi connectivity index (χ1n) is 6.82. The standard InChI is InChI=1S/C17H17ClN2O/c1-11-12(2)20(10-21-3)17-15(11)8-9-19-16(17)13-4-6-14(18)7-5-13/h4-9H,10H2,1-3H3. The minimum Gasteiger partial charge on any atom is -0.364 e. The van der Waals surface area contributed by atoms with Crippen LogP contribution in [0.25, 0.3) is 22.2 Å². The summed E-state index contributed by atoms with van der Waals surface area (Å²) in [5.74, 6) is 0. The van der Waals surface area contributed by atoms with Crippen molar-refractivity contribution in [1.29, 1.82) is 0 Å². The molecule has 0 spiro atoms. The molecule has 0 radical (unpaired) electrons. The Bertz CT molecular complexity index is 791. The van der Waals surface area contributed by atoms with Gasteiger partial charge in [-0.05, 0) is 37.6 Å². The molecule has 0 aliphatic carbocycles. The molecule has 0 atom stereocenters. The normalized spacial score (nSPS) is 11.2. The predicted octanol–water partition coefficient (Wildman–Crippen LogP) is 4.58. The molecule has 108 valence electrons. The molecule has 0 N–H and O–H groups in total. The van der Waals surface area contributed by atoms with Gasteiger partial charge in [0.15, 0.2) is 0 Å². The van der Waals surface area contributed by atoms with Crippen molar-refractivity contribution in [3.05, 3.63) is 52.8 Å². The second-order valence-electron chi connectivity index (χ2n) is 5.12. The van der Waals surface area contributed by atoms with E-state index >= 15 is 0 Å². The number of fused-ring (bicyclic) bond motifs is 1. The minimum atomic E-state index is 0.516. The number of nitrogens with zero attached hydrogens (tertiary/aromatic N) is 2. The minimum absolute atomic E-state index is 0.516. The fourth-order valence-electron chi connectivity index (χ4n) is 2.70. The Morgan fingerprint density at radius 2 is 1.86 bits per heavy atom. The molecule has 2 heterocycles. The van der Waals surface area contributed by atoms with E-state index < -0.39 is 0 Å². The van der Waals surface area contributed by atoms with Crippen molar-refractivity contribution in [2.45, 2.75) is 20.6 Å². The fraction of sp³-hybridized carbons (Fsp3) is 0.235. The van der Waals surface area contributed by atoms with Gasteiger partial charge in [-0.15, -0.1) is 0 Å². The Labute approximate surface area is 129 Å². The molecule has 2 aromatic heterocycles. The van der Waals surface area contributed by atoms with Crippen LogP contribution < -0.4 is 0 Å². The Balaban J connectivity index is 2.32. The van der Waals surface area contributed by atoms with E-state index in [2.05, 4.69) is 29.5 Å². The second-order valence-corrected chi connectivity index (χ2v) is 5.56. The third-order valence-electron chi connectivity index (χ3n) is 3.92. The monoisotopic (exact) mass is 300 g/mol. The van der Waals surface area contributed by atoms with Gasteiger partial charge in [-0.25, -0.2) is 0 Å². The topological polar surface area (TPSA) is 27.1 Å². The molecule has 0 bridgehead atoms. The number of benzene rings is 1. The van der Waals surface area contributed by atoms with E-state index in [0.717, 1.165) is 21.8 Å². The summed E-state index contributed by atoms with van der Waals surface area (Å²) in [6.45, 7) is 4.76. The van der Waals surface area contributed by atoms with Gasteiger partial charge >= 0.3 is 0 Å². The van der Waals surface area contributed by atoms with Crippen LogP contribution in [0.5, 0.6) is 0 Å². The molecule has 0 amide bonds. The maximum Gasteiger partial charge on any atom is 0.122 e. The number of aryl methyl sites for hydroxylation is 1. The number of ether oxygens (including phenoxy) is 1. The van der Waals surface area contributed by atoms with E-state index in [1.807, 2.05) is 30.5 Å². The summed E-state index contributed by atoms with van der Waals surface area (Å²) >= 11 is 5.98. The van der Waals surface area contributed by atoms with Crippen molar-refractivity contribution < 1.29 is 4.74 Å². The van der Waals surface area contributed by atoms with E-state index in [9.17, 15) is 0 Å². The van der Waals surface area contributed by atoms with Gasteiger partial charge in [0.05, 0.1) is 11.2 Å². The van der Waals surface area contributed by atoms with Gasteiger partial charge in [0.1, 0.15) is 6.73 Å². The summed E-state index contributed by atoms with van der Waals surface area (Å²) < 4.78 is 7.52. The van der Waals surface area contributed by atoms with Gasteiger partial charge < -0.3 is 9.30 Å². The van der Waals surface area contributed by atoms with Crippen molar-refractivity contribution in [3.63, 3.8) is 0 Å². The summed E-state index contributed by atoms with van der Waals surface area (Å²) in [5, 5.41) is 1.94. The van der Waals surface area contributed by atoms with Crippen molar-refractivity contribution >= 4 is 22.5 Å². The summed E-state index contributed by atoms with van der Waals surface area (Å²) in [7, 11) is 1.71. The molecule has 0 aliphatic rings. The van der Waals surface area contributed by atoms with Crippen LogP contribution >= 0.6 is 11.6 Å². The van der Waals surface area contributed by atoms with Crippen LogP contribution in [0.3, 0.4) is 0 Å². The molecule has 0 saturated carbocycles. The predicted molar refractivity (Wildman–Crippen MR) is 86.7 cm³/mol. The summed E-state index contributed by atoms with van der Waals surface area (Å²) in [6.07, 6.45) is 1.86. The first kappa shape index (κ1) is 14.1. The Hall–Kier alpha value is -1.84. The molecule has 21 heavy (non-hydrogen) atoms. The van der Waals surface area contributed by atoms with E-state index in [1.165, 1.54) is 16.6 Å². The number of methoxy groups -OCH3 is 1. The van der Waals surface area contributed by atoms with Crippen molar-refractivity contribution in [3.8, 4) is 11.3 Å². The van der Waals surface area contributed by atoms with Crippen LogP contribution in [-0.4, -0.2) is 16.7 Å². The molecule has 0 saturated heterocycles. The molecule has 4 heteroatoms. The van der Waals surface area contributed by atoms with Gasteiger partial charge in [-0.2, -0.15) is 0 Å². The smallest absolute Gasteiger partial charge is 0.122 e. The average molecular weight is 301 g/mol. The highest BCUT2D eigenvalue weighted by Gasteiger charge is 2.15. The van der Waals surface area contributed by atoms with E-state index in [0.29, 0.717) is 6.73 Å². The zero-order chi connectivity index (χ0) is 15.0. The lowest BCUT2D eigenvalue weighted by atomic mass is 10.1. The molecule has 3 nitrogen and oxygen atoms in total. The molecular weight excluding hydrogens is 284 g/mol. The maximum atomic E-state index is 5.98. The van der Waals surface area contributed by atoms with Crippen molar-refractivity contribution in [2.24, 2.45) is 0 Å². The quantitative estimate of drug-likeness (QED) is 0.708. The third kappa shape index (κ3) is 2.33. The van der Waals surface area contributed by atoms with Crippen LogP contribution in [0.15, 0.2) is 36.5 Å². The third-order valence-corrected chi connectivity index (χ3v) is 4.17. The summed E-state index contributed by atoms with van der Waals surface area (Å²) in [4.78, 5) is 4.58. The van der Waals surface area contributed by atoms with E-state index in [4.69, 9.17) is 16.3 Å². The molecule has 3 aromatic rings. The lowest BCUT2D eigenvalue weighted by Gasteiger charge is -2.10. The number of pyridine rings is 1. The van der Waals surface area contributed by atoms with Crippen LogP contribution in [-0.2, 0) is 11.5 Å². The first-order valence-corrected chi connectivity index (χ1v) is 7.20. The van der Waals surface area contributed by atoms with E-state index in [-0.39, 0.29) is 0 Å². The molecule has 0 fully saturated rings. The van der Waals surface area contributed by atoms with E-state index in [1.54, 1.807) is 7.11 Å². The number of halogens is 1. The van der Waals surface area contributed by atoms with Gasteiger partial charge in [-0.3, -0.25) is 4.98 Å². The maximum absolute atomic E-state index is 5.98. The average Bonchev–Trinajstić information content (AvgIpc) is 2.74. The van der Waals surface area contributed by atoms with Crippen LogP contribution in [0.4, 0.5) is 0 Å². The van der Waals surface area contributed by atoms with Crippen molar-refractivity contribution in [2.75, 3.05) is 7.11 Å². The highest BCUT2D eigenvalue weighted by atomic mass is 35.5.